The van der Waals surface area contributed by atoms with E-state index >= 15 is 0 Å². The Morgan fingerprint density at radius 3 is 2.11 bits per heavy atom. The molecule has 1 atom stereocenters. The summed E-state index contributed by atoms with van der Waals surface area (Å²) in [6.45, 7) is 1.75. The highest BCUT2D eigenvalue weighted by molar-refractivity contribution is 6.19. The number of carbonyl (C=O) groups is 2. The second-order valence-corrected chi connectivity index (χ2v) is 4.13. The van der Waals surface area contributed by atoms with Gasteiger partial charge in [-0.2, -0.15) is 0 Å². The topological polar surface area (TPSA) is 70.2 Å². The summed E-state index contributed by atoms with van der Waals surface area (Å²) >= 11 is 5.60. The molecule has 1 unspecified atom stereocenters. The zero-order valence-corrected chi connectivity index (χ0v) is 11.0. The molecule has 0 aliphatic rings. The van der Waals surface area contributed by atoms with Gasteiger partial charge in [0.1, 0.15) is 0 Å². The maximum absolute atomic E-state index is 11.6. The molecule has 0 radical (unpaired) electrons. The minimum absolute atomic E-state index is 0.128. The van der Waals surface area contributed by atoms with Crippen molar-refractivity contribution in [3.05, 3.63) is 24.3 Å². The normalized spacial score (nSPS) is 11.5. The van der Waals surface area contributed by atoms with Gasteiger partial charge >= 0.3 is 6.03 Å². The molecule has 0 aliphatic heterocycles. The lowest BCUT2D eigenvalue weighted by molar-refractivity contribution is -0.118. The van der Waals surface area contributed by atoms with E-state index in [1.807, 2.05) is 0 Å². The van der Waals surface area contributed by atoms with Crippen LogP contribution in [-0.4, -0.2) is 24.9 Å². The van der Waals surface area contributed by atoms with Crippen LogP contribution in [0, 0.1) is 5.92 Å². The zero-order valence-electron chi connectivity index (χ0n) is 10.3. The van der Waals surface area contributed by atoms with Gasteiger partial charge in [0.2, 0.25) is 5.91 Å². The van der Waals surface area contributed by atoms with Gasteiger partial charge in [-0.05, 0) is 24.3 Å². The maximum atomic E-state index is 11.6. The molecule has 0 fully saturated rings. The molecular formula is C12H16ClN3O2. The second-order valence-electron chi connectivity index (χ2n) is 3.83. The number of anilines is 2. The second kappa shape index (κ2) is 6.86. The van der Waals surface area contributed by atoms with Crippen LogP contribution in [0.25, 0.3) is 0 Å². The summed E-state index contributed by atoms with van der Waals surface area (Å²) in [6.07, 6.45) is 0. The summed E-state index contributed by atoms with van der Waals surface area (Å²) in [7, 11) is 1.54. The lowest BCUT2D eigenvalue weighted by atomic mass is 10.2. The Morgan fingerprint density at radius 2 is 1.67 bits per heavy atom. The van der Waals surface area contributed by atoms with Crippen molar-refractivity contribution < 1.29 is 9.59 Å². The number of hydrogen-bond acceptors (Lipinski definition) is 2. The monoisotopic (exact) mass is 269 g/mol. The minimum Gasteiger partial charge on any atom is -0.341 e. The quantitative estimate of drug-likeness (QED) is 0.734. The van der Waals surface area contributed by atoms with Gasteiger partial charge in [0, 0.05) is 30.2 Å². The van der Waals surface area contributed by atoms with Crippen LogP contribution >= 0.6 is 11.6 Å². The van der Waals surface area contributed by atoms with E-state index in [9.17, 15) is 9.59 Å². The molecule has 3 amide bonds. The molecule has 0 aliphatic carbocycles. The van der Waals surface area contributed by atoms with E-state index < -0.39 is 0 Å². The molecule has 0 spiro atoms. The smallest absolute Gasteiger partial charge is 0.318 e. The van der Waals surface area contributed by atoms with Crippen LogP contribution in [0.4, 0.5) is 16.2 Å². The Labute approximate surface area is 111 Å². The third-order valence-corrected chi connectivity index (χ3v) is 2.78. The fourth-order valence-corrected chi connectivity index (χ4v) is 1.31. The zero-order chi connectivity index (χ0) is 13.5. The Morgan fingerprint density at radius 1 is 1.17 bits per heavy atom. The van der Waals surface area contributed by atoms with Crippen LogP contribution in [0.15, 0.2) is 24.3 Å². The molecule has 0 bridgehead atoms. The minimum atomic E-state index is -0.289. The van der Waals surface area contributed by atoms with Crippen molar-refractivity contribution in [2.45, 2.75) is 6.92 Å². The van der Waals surface area contributed by atoms with E-state index in [-0.39, 0.29) is 23.7 Å². The van der Waals surface area contributed by atoms with Gasteiger partial charge in [0.15, 0.2) is 0 Å². The highest BCUT2D eigenvalue weighted by Crippen LogP contribution is 2.14. The first-order valence-electron chi connectivity index (χ1n) is 5.52. The van der Waals surface area contributed by atoms with Crippen molar-refractivity contribution in [2.75, 3.05) is 23.6 Å². The number of rotatable bonds is 4. The van der Waals surface area contributed by atoms with Crippen molar-refractivity contribution in [3.63, 3.8) is 0 Å². The standard InChI is InChI=1S/C12H16ClN3O2/c1-8(7-13)11(17)15-9-3-5-10(6-4-9)16-12(18)14-2/h3-6,8H,7H2,1-2H3,(H,15,17)(H2,14,16,18). The van der Waals surface area contributed by atoms with Crippen LogP contribution < -0.4 is 16.0 Å². The third-order valence-electron chi connectivity index (χ3n) is 2.32. The molecule has 1 aromatic rings. The molecule has 0 aromatic heterocycles. The van der Waals surface area contributed by atoms with Gasteiger partial charge in [-0.3, -0.25) is 4.79 Å². The summed E-state index contributed by atoms with van der Waals surface area (Å²) < 4.78 is 0. The molecule has 5 nitrogen and oxygen atoms in total. The maximum Gasteiger partial charge on any atom is 0.318 e. The van der Waals surface area contributed by atoms with Crippen molar-refractivity contribution in [1.29, 1.82) is 0 Å². The predicted molar refractivity (Wildman–Crippen MR) is 73.0 cm³/mol. The summed E-state index contributed by atoms with van der Waals surface area (Å²) in [5.41, 5.74) is 1.32. The van der Waals surface area contributed by atoms with Crippen LogP contribution in [0.1, 0.15) is 6.92 Å². The number of nitrogens with one attached hydrogen (secondary N) is 3. The molecule has 1 aromatic carbocycles. The molecule has 0 heterocycles. The number of urea groups is 1. The van der Waals surface area contributed by atoms with Gasteiger partial charge in [-0.1, -0.05) is 6.92 Å². The summed E-state index contributed by atoms with van der Waals surface area (Å²) in [4.78, 5) is 22.6. The Bertz CT molecular complexity index is 420. The first-order chi connectivity index (χ1) is 8.56. The van der Waals surface area contributed by atoms with Crippen LogP contribution in [0.3, 0.4) is 0 Å². The first-order valence-corrected chi connectivity index (χ1v) is 6.06. The number of hydrogen-bond donors (Lipinski definition) is 3. The summed E-state index contributed by atoms with van der Waals surface area (Å²) in [5.74, 6) is -0.0883. The number of carbonyl (C=O) groups excluding carboxylic acids is 2. The molecule has 1 rings (SSSR count). The van der Waals surface area contributed by atoms with Gasteiger partial charge in [-0.25, -0.2) is 4.79 Å². The van der Waals surface area contributed by atoms with E-state index in [1.165, 1.54) is 7.05 Å². The molecule has 98 valence electrons. The van der Waals surface area contributed by atoms with Gasteiger partial charge in [-0.15, -0.1) is 11.6 Å². The van der Waals surface area contributed by atoms with E-state index in [0.29, 0.717) is 11.4 Å². The SMILES string of the molecule is CNC(=O)Nc1ccc(NC(=O)C(C)CCl)cc1. The van der Waals surface area contributed by atoms with Crippen molar-refractivity contribution in [2.24, 2.45) is 5.92 Å². The van der Waals surface area contributed by atoms with Crippen LogP contribution in [-0.2, 0) is 4.79 Å². The lowest BCUT2D eigenvalue weighted by Crippen LogP contribution is -2.24. The summed E-state index contributed by atoms with van der Waals surface area (Å²) in [5, 5.41) is 7.81. The van der Waals surface area contributed by atoms with Crippen molar-refractivity contribution in [1.82, 2.24) is 5.32 Å². The number of halogens is 1. The molecule has 6 heteroatoms. The summed E-state index contributed by atoms with van der Waals surface area (Å²) in [6, 6.07) is 6.54. The van der Waals surface area contributed by atoms with Crippen LogP contribution in [0.2, 0.25) is 0 Å². The average Bonchev–Trinajstić information content (AvgIpc) is 2.39. The molecule has 0 saturated carbocycles. The first kappa shape index (κ1) is 14.3. The highest BCUT2D eigenvalue weighted by atomic mass is 35.5. The van der Waals surface area contributed by atoms with Crippen molar-refractivity contribution in [3.8, 4) is 0 Å². The number of benzene rings is 1. The van der Waals surface area contributed by atoms with Gasteiger partial charge in [0.05, 0.1) is 0 Å². The molecule has 0 saturated heterocycles. The van der Waals surface area contributed by atoms with E-state index in [4.69, 9.17) is 11.6 Å². The lowest BCUT2D eigenvalue weighted by Gasteiger charge is -2.10. The van der Waals surface area contributed by atoms with Crippen molar-refractivity contribution >= 4 is 34.9 Å². The number of amides is 3. The highest BCUT2D eigenvalue weighted by Gasteiger charge is 2.11. The Balaban J connectivity index is 2.60. The van der Waals surface area contributed by atoms with Crippen LogP contribution in [0.5, 0.6) is 0 Å². The third kappa shape index (κ3) is 4.25. The Kier molecular flexibility index (Phi) is 5.45. The van der Waals surface area contributed by atoms with Gasteiger partial charge < -0.3 is 16.0 Å². The number of alkyl halides is 1. The fraction of sp³-hybridized carbons (Fsp3) is 0.333. The van der Waals surface area contributed by atoms with Gasteiger partial charge in [0.25, 0.3) is 0 Å². The van der Waals surface area contributed by atoms with E-state index in [0.717, 1.165) is 0 Å². The molecule has 18 heavy (non-hydrogen) atoms. The fourth-order valence-electron chi connectivity index (χ4n) is 1.17. The predicted octanol–water partition coefficient (Wildman–Crippen LogP) is 2.25. The van der Waals surface area contributed by atoms with E-state index in [1.54, 1.807) is 31.2 Å². The van der Waals surface area contributed by atoms with E-state index in [2.05, 4.69) is 16.0 Å². The molecular weight excluding hydrogens is 254 g/mol. The average molecular weight is 270 g/mol. The largest absolute Gasteiger partial charge is 0.341 e. The Hall–Kier alpha value is -1.75. The molecule has 3 N–H and O–H groups in total.